The number of rotatable bonds is 4. The molecule has 0 unspecified atom stereocenters. The zero-order chi connectivity index (χ0) is 19.1. The fourth-order valence-corrected chi connectivity index (χ4v) is 3.29. The van der Waals surface area contributed by atoms with Gasteiger partial charge >= 0.3 is 0 Å². The summed E-state index contributed by atoms with van der Waals surface area (Å²) in [7, 11) is 0. The van der Waals surface area contributed by atoms with Crippen LogP contribution in [0.5, 0.6) is 0 Å². The molecule has 7 nitrogen and oxygen atoms in total. The number of carbonyl (C=O) groups excluding carboxylic acids is 1. The molecular weight excluding hydrogens is 354 g/mol. The molecular formula is C21H17N5O2. The molecule has 0 atom stereocenters. The molecule has 3 heterocycles. The Kier molecular flexibility index (Phi) is 3.79. The van der Waals surface area contributed by atoms with Crippen LogP contribution in [0.1, 0.15) is 34.7 Å². The third-order valence-corrected chi connectivity index (χ3v) is 4.86. The number of nitrogens with zero attached hydrogens (tertiary/aromatic N) is 4. The minimum Gasteiger partial charge on any atom is -0.619 e. The van der Waals surface area contributed by atoms with E-state index in [2.05, 4.69) is 10.4 Å². The fourth-order valence-electron chi connectivity index (χ4n) is 3.29. The van der Waals surface area contributed by atoms with Gasteiger partial charge in [0.25, 0.3) is 5.91 Å². The number of fused-ring (bicyclic) bond motifs is 1. The first-order chi connectivity index (χ1) is 13.7. The average Bonchev–Trinajstić information content (AvgIpc) is 3.47. The van der Waals surface area contributed by atoms with E-state index in [4.69, 9.17) is 4.98 Å². The summed E-state index contributed by atoms with van der Waals surface area (Å²) in [4.78, 5) is 17.5. The summed E-state index contributed by atoms with van der Waals surface area (Å²) >= 11 is 0. The molecule has 1 saturated carbocycles. The van der Waals surface area contributed by atoms with Crippen LogP contribution in [0, 0.1) is 5.21 Å². The Balaban J connectivity index is 1.61. The topological polar surface area (TPSA) is 86.2 Å². The van der Waals surface area contributed by atoms with E-state index in [-0.39, 0.29) is 11.5 Å². The van der Waals surface area contributed by atoms with Crippen LogP contribution in [0.4, 0.5) is 5.82 Å². The molecule has 1 aromatic carbocycles. The molecule has 1 N–H and O–H groups in total. The number of nitrogens with one attached hydrogen (secondary N) is 1. The highest BCUT2D eigenvalue weighted by Crippen LogP contribution is 2.42. The second-order valence-electron chi connectivity index (χ2n) is 6.91. The van der Waals surface area contributed by atoms with Gasteiger partial charge in [0, 0.05) is 23.3 Å². The van der Waals surface area contributed by atoms with Gasteiger partial charge in [-0.25, -0.2) is 4.98 Å². The van der Waals surface area contributed by atoms with Gasteiger partial charge in [-0.1, -0.05) is 30.3 Å². The molecule has 28 heavy (non-hydrogen) atoms. The van der Waals surface area contributed by atoms with Crippen molar-refractivity contribution < 1.29 is 9.52 Å². The predicted molar refractivity (Wildman–Crippen MR) is 104 cm³/mol. The highest BCUT2D eigenvalue weighted by molar-refractivity contribution is 6.03. The van der Waals surface area contributed by atoms with Crippen LogP contribution >= 0.6 is 0 Å². The normalized spacial score (nSPS) is 13.6. The number of aromatic nitrogens is 4. The predicted octanol–water partition coefficient (Wildman–Crippen LogP) is 3.16. The summed E-state index contributed by atoms with van der Waals surface area (Å²) in [6.45, 7) is 0. The van der Waals surface area contributed by atoms with Gasteiger partial charge in [-0.3, -0.25) is 4.79 Å². The van der Waals surface area contributed by atoms with E-state index in [0.29, 0.717) is 16.5 Å². The molecule has 0 bridgehead atoms. The quantitative estimate of drug-likeness (QED) is 0.441. The van der Waals surface area contributed by atoms with Crippen LogP contribution in [-0.2, 0) is 0 Å². The minimum atomic E-state index is -0.375. The van der Waals surface area contributed by atoms with Crippen LogP contribution in [-0.4, -0.2) is 20.5 Å². The van der Waals surface area contributed by atoms with E-state index in [9.17, 15) is 10.0 Å². The van der Waals surface area contributed by atoms with Crippen molar-refractivity contribution in [1.29, 1.82) is 0 Å². The van der Waals surface area contributed by atoms with Gasteiger partial charge in [-0.2, -0.15) is 14.3 Å². The van der Waals surface area contributed by atoms with E-state index in [1.807, 2.05) is 36.5 Å². The molecule has 0 spiro atoms. The van der Waals surface area contributed by atoms with Gasteiger partial charge in [-0.15, -0.1) is 0 Å². The maximum Gasteiger partial charge on any atom is 0.262 e. The second-order valence-corrected chi connectivity index (χ2v) is 6.91. The first-order valence-electron chi connectivity index (χ1n) is 9.13. The maximum absolute atomic E-state index is 12.7. The molecule has 7 heteroatoms. The van der Waals surface area contributed by atoms with Crippen LogP contribution in [0.25, 0.3) is 16.9 Å². The van der Waals surface area contributed by atoms with Gasteiger partial charge in [0.15, 0.2) is 18.0 Å². The average molecular weight is 371 g/mol. The van der Waals surface area contributed by atoms with Crippen molar-refractivity contribution in [3.8, 4) is 11.3 Å². The molecule has 0 aliphatic heterocycles. The molecule has 1 amide bonds. The number of anilines is 1. The molecule has 138 valence electrons. The largest absolute Gasteiger partial charge is 0.619 e. The number of carbonyl (C=O) groups is 1. The maximum atomic E-state index is 12.7. The van der Waals surface area contributed by atoms with Gasteiger partial charge in [0.05, 0.1) is 11.9 Å². The monoisotopic (exact) mass is 371 g/mol. The number of hydrogen-bond donors (Lipinski definition) is 1. The Morgan fingerprint density at radius 3 is 2.75 bits per heavy atom. The summed E-state index contributed by atoms with van der Waals surface area (Å²) in [6, 6.07) is 14.8. The molecule has 3 aromatic heterocycles. The minimum absolute atomic E-state index is 0.276. The van der Waals surface area contributed by atoms with Crippen molar-refractivity contribution in [2.24, 2.45) is 0 Å². The van der Waals surface area contributed by atoms with E-state index in [1.165, 1.54) is 12.4 Å². The van der Waals surface area contributed by atoms with Crippen LogP contribution in [0.15, 0.2) is 67.1 Å². The van der Waals surface area contributed by atoms with Gasteiger partial charge in [0.2, 0.25) is 0 Å². The van der Waals surface area contributed by atoms with E-state index in [1.54, 1.807) is 22.7 Å². The summed E-state index contributed by atoms with van der Waals surface area (Å²) in [6.07, 6.45) is 6.68. The highest BCUT2D eigenvalue weighted by Gasteiger charge is 2.28. The lowest BCUT2D eigenvalue weighted by Crippen LogP contribution is -2.27. The van der Waals surface area contributed by atoms with Gasteiger partial charge in [0.1, 0.15) is 11.4 Å². The molecule has 5 rings (SSSR count). The van der Waals surface area contributed by atoms with Crippen molar-refractivity contribution in [2.45, 2.75) is 18.8 Å². The number of pyridine rings is 1. The summed E-state index contributed by atoms with van der Waals surface area (Å²) < 4.78 is 2.26. The van der Waals surface area contributed by atoms with Crippen molar-refractivity contribution in [2.75, 3.05) is 5.32 Å². The Morgan fingerprint density at radius 2 is 2.00 bits per heavy atom. The zero-order valence-corrected chi connectivity index (χ0v) is 14.9. The summed E-state index contributed by atoms with van der Waals surface area (Å²) in [5, 5.41) is 18.8. The lowest BCUT2D eigenvalue weighted by atomic mass is 10.1. The van der Waals surface area contributed by atoms with Crippen LogP contribution in [0.3, 0.4) is 0 Å². The summed E-state index contributed by atoms with van der Waals surface area (Å²) in [5.74, 6) is 0.621. The number of amides is 1. The van der Waals surface area contributed by atoms with Crippen molar-refractivity contribution in [3.05, 3.63) is 83.5 Å². The smallest absolute Gasteiger partial charge is 0.262 e. The Hall–Kier alpha value is -3.74. The van der Waals surface area contributed by atoms with Gasteiger partial charge < -0.3 is 10.5 Å². The number of benzene rings is 1. The Labute approximate surface area is 160 Å². The lowest BCUT2D eigenvalue weighted by molar-refractivity contribution is -0.605. The van der Waals surface area contributed by atoms with E-state index >= 15 is 0 Å². The Morgan fingerprint density at radius 1 is 1.18 bits per heavy atom. The first-order valence-corrected chi connectivity index (χ1v) is 9.13. The molecule has 1 fully saturated rings. The molecule has 0 radical (unpaired) electrons. The van der Waals surface area contributed by atoms with E-state index in [0.717, 1.165) is 35.3 Å². The third-order valence-electron chi connectivity index (χ3n) is 4.86. The van der Waals surface area contributed by atoms with Crippen molar-refractivity contribution in [3.63, 3.8) is 0 Å². The van der Waals surface area contributed by atoms with Crippen LogP contribution < -0.4 is 10.0 Å². The van der Waals surface area contributed by atoms with Crippen LogP contribution in [0.2, 0.25) is 0 Å². The van der Waals surface area contributed by atoms with E-state index < -0.39 is 0 Å². The van der Waals surface area contributed by atoms with Crippen molar-refractivity contribution in [1.82, 2.24) is 14.6 Å². The number of hydrogen-bond acceptors (Lipinski definition) is 4. The van der Waals surface area contributed by atoms with Gasteiger partial charge in [-0.05, 0) is 24.8 Å². The standard InChI is InChI=1S/C21H17N5O2/c27-21(16-7-4-10-25(28)13-16)24-19-11-18(15-5-2-1-3-6-15)23-20-17(14-8-9-14)12-22-26(19)20/h1-7,10-14H,8-9H2,(H,24,27). The fraction of sp³-hybridized carbons (Fsp3) is 0.143. The molecule has 1 aliphatic carbocycles. The SMILES string of the molecule is O=C(Nc1cc(-c2ccccc2)nc2c(C3CC3)cnn12)c1ccc[n+]([O-])c1. The Bertz CT molecular complexity index is 1180. The lowest BCUT2D eigenvalue weighted by Gasteiger charge is -2.10. The molecule has 4 aromatic rings. The molecule has 0 saturated heterocycles. The summed E-state index contributed by atoms with van der Waals surface area (Å²) in [5.41, 5.74) is 3.85. The third kappa shape index (κ3) is 2.96. The second kappa shape index (κ2) is 6.45. The van der Waals surface area contributed by atoms with Crippen molar-refractivity contribution >= 4 is 17.4 Å². The highest BCUT2D eigenvalue weighted by atomic mass is 16.5. The molecule has 1 aliphatic rings. The zero-order valence-electron chi connectivity index (χ0n) is 14.9. The first kappa shape index (κ1) is 16.4.